The first-order valence-electron chi connectivity index (χ1n) is 8.30. The Kier molecular flexibility index (Phi) is 3.66. The molecule has 2 aromatic rings. The standard InChI is InChI=1S/C20H21NO2/c1-13-5-7-14(8-6-13)15-3-2-4-16(11-15)20(22)21-18-12-19-17(18)9-10-23-19/h2-8,11,17-19H,9-10,12H2,1H3,(H,21,22)/t17-,18+,19+/m0/s1. The number of benzene rings is 2. The summed E-state index contributed by atoms with van der Waals surface area (Å²) in [7, 11) is 0. The van der Waals surface area contributed by atoms with E-state index < -0.39 is 0 Å². The minimum atomic E-state index is 0.0225. The summed E-state index contributed by atoms with van der Waals surface area (Å²) >= 11 is 0. The van der Waals surface area contributed by atoms with Crippen molar-refractivity contribution in [1.29, 1.82) is 0 Å². The first-order valence-corrected chi connectivity index (χ1v) is 8.30. The van der Waals surface area contributed by atoms with Gasteiger partial charge in [-0.3, -0.25) is 4.79 Å². The van der Waals surface area contributed by atoms with Crippen LogP contribution >= 0.6 is 0 Å². The summed E-state index contributed by atoms with van der Waals surface area (Å²) < 4.78 is 5.60. The largest absolute Gasteiger partial charge is 0.378 e. The lowest BCUT2D eigenvalue weighted by molar-refractivity contribution is 0.00810. The molecule has 1 amide bonds. The van der Waals surface area contributed by atoms with Crippen LogP contribution in [0.2, 0.25) is 0 Å². The Morgan fingerprint density at radius 2 is 1.96 bits per heavy atom. The fraction of sp³-hybridized carbons (Fsp3) is 0.350. The van der Waals surface area contributed by atoms with Crippen LogP contribution in [0, 0.1) is 12.8 Å². The molecule has 4 rings (SSSR count). The normalized spacial score (nSPS) is 25.5. The van der Waals surface area contributed by atoms with E-state index in [1.54, 1.807) is 0 Å². The van der Waals surface area contributed by atoms with E-state index in [1.165, 1.54) is 5.56 Å². The Morgan fingerprint density at radius 1 is 1.13 bits per heavy atom. The van der Waals surface area contributed by atoms with Crippen LogP contribution in [0.5, 0.6) is 0 Å². The summed E-state index contributed by atoms with van der Waals surface area (Å²) in [5.41, 5.74) is 4.18. The smallest absolute Gasteiger partial charge is 0.251 e. The molecule has 1 saturated carbocycles. The molecular weight excluding hydrogens is 286 g/mol. The molecule has 1 heterocycles. The minimum absolute atomic E-state index is 0.0225. The molecule has 1 aliphatic heterocycles. The summed E-state index contributed by atoms with van der Waals surface area (Å²) in [5.74, 6) is 0.536. The van der Waals surface area contributed by atoms with Gasteiger partial charge in [-0.1, -0.05) is 42.0 Å². The number of ether oxygens (including phenoxy) is 1. The second-order valence-electron chi connectivity index (χ2n) is 6.62. The molecule has 0 radical (unpaired) electrons. The maximum Gasteiger partial charge on any atom is 0.251 e. The highest BCUT2D eigenvalue weighted by atomic mass is 16.5. The average molecular weight is 307 g/mol. The van der Waals surface area contributed by atoms with E-state index in [2.05, 4.69) is 36.5 Å². The van der Waals surface area contributed by atoms with Gasteiger partial charge in [0.15, 0.2) is 0 Å². The number of amides is 1. The van der Waals surface area contributed by atoms with Gasteiger partial charge in [0.2, 0.25) is 0 Å². The van der Waals surface area contributed by atoms with E-state index in [9.17, 15) is 4.79 Å². The van der Waals surface area contributed by atoms with Crippen molar-refractivity contribution in [2.24, 2.45) is 5.92 Å². The van der Waals surface area contributed by atoms with Crippen LogP contribution in [-0.2, 0) is 4.74 Å². The van der Waals surface area contributed by atoms with Crippen LogP contribution in [0.25, 0.3) is 11.1 Å². The van der Waals surface area contributed by atoms with Gasteiger partial charge >= 0.3 is 0 Å². The number of carbonyl (C=O) groups excluding carboxylic acids is 1. The molecule has 0 spiro atoms. The van der Waals surface area contributed by atoms with Gasteiger partial charge in [0, 0.05) is 24.1 Å². The monoisotopic (exact) mass is 307 g/mol. The van der Waals surface area contributed by atoms with Gasteiger partial charge < -0.3 is 10.1 Å². The average Bonchev–Trinajstić information content (AvgIpc) is 2.94. The second-order valence-corrected chi connectivity index (χ2v) is 6.62. The maximum absolute atomic E-state index is 12.5. The Labute approximate surface area is 136 Å². The third kappa shape index (κ3) is 2.77. The quantitative estimate of drug-likeness (QED) is 0.941. The van der Waals surface area contributed by atoms with Crippen molar-refractivity contribution >= 4 is 5.91 Å². The molecule has 3 atom stereocenters. The molecule has 118 valence electrons. The van der Waals surface area contributed by atoms with E-state index in [1.807, 2.05) is 24.3 Å². The fourth-order valence-corrected chi connectivity index (χ4v) is 3.60. The van der Waals surface area contributed by atoms with Gasteiger partial charge in [0.05, 0.1) is 6.10 Å². The Balaban J connectivity index is 1.49. The van der Waals surface area contributed by atoms with Crippen molar-refractivity contribution < 1.29 is 9.53 Å². The molecule has 3 heteroatoms. The van der Waals surface area contributed by atoms with Crippen LogP contribution in [0.4, 0.5) is 0 Å². The number of carbonyl (C=O) groups is 1. The summed E-state index contributed by atoms with van der Waals surface area (Å²) in [5, 5.41) is 3.17. The number of hydrogen-bond acceptors (Lipinski definition) is 2. The van der Waals surface area contributed by atoms with E-state index in [4.69, 9.17) is 4.74 Å². The van der Waals surface area contributed by atoms with E-state index >= 15 is 0 Å². The Bertz CT molecular complexity index is 723. The molecule has 1 aliphatic carbocycles. The Morgan fingerprint density at radius 3 is 2.74 bits per heavy atom. The van der Waals surface area contributed by atoms with E-state index in [-0.39, 0.29) is 11.9 Å². The molecule has 2 fully saturated rings. The fourth-order valence-electron chi connectivity index (χ4n) is 3.60. The van der Waals surface area contributed by atoms with Crippen molar-refractivity contribution in [2.45, 2.75) is 31.9 Å². The number of rotatable bonds is 3. The Hall–Kier alpha value is -2.13. The summed E-state index contributed by atoms with van der Waals surface area (Å²) in [4.78, 5) is 12.5. The zero-order chi connectivity index (χ0) is 15.8. The highest BCUT2D eigenvalue weighted by molar-refractivity contribution is 5.95. The van der Waals surface area contributed by atoms with Gasteiger partial charge in [0.1, 0.15) is 0 Å². The third-order valence-electron chi connectivity index (χ3n) is 5.09. The molecule has 3 nitrogen and oxygen atoms in total. The van der Waals surface area contributed by atoms with E-state index in [0.717, 1.165) is 36.1 Å². The molecule has 23 heavy (non-hydrogen) atoms. The van der Waals surface area contributed by atoms with Gasteiger partial charge in [-0.15, -0.1) is 0 Å². The number of aryl methyl sites for hydroxylation is 1. The van der Waals surface area contributed by atoms with Gasteiger partial charge in [-0.2, -0.15) is 0 Å². The third-order valence-corrected chi connectivity index (χ3v) is 5.09. The second kappa shape index (κ2) is 5.82. The lowest BCUT2D eigenvalue weighted by Crippen LogP contribution is -2.53. The first-order chi connectivity index (χ1) is 11.2. The van der Waals surface area contributed by atoms with Gasteiger partial charge in [0.25, 0.3) is 5.91 Å². The number of fused-ring (bicyclic) bond motifs is 1. The molecule has 0 bridgehead atoms. The summed E-state index contributed by atoms with van der Waals surface area (Å²) in [6, 6.07) is 16.5. The topological polar surface area (TPSA) is 38.3 Å². The predicted octanol–water partition coefficient (Wildman–Crippen LogP) is 3.57. The van der Waals surface area contributed by atoms with Crippen LogP contribution in [0.15, 0.2) is 48.5 Å². The predicted molar refractivity (Wildman–Crippen MR) is 90.3 cm³/mol. The first kappa shape index (κ1) is 14.5. The lowest BCUT2D eigenvalue weighted by atomic mass is 9.76. The zero-order valence-electron chi connectivity index (χ0n) is 13.3. The summed E-state index contributed by atoms with van der Waals surface area (Å²) in [6.45, 7) is 2.91. The maximum atomic E-state index is 12.5. The molecule has 1 N–H and O–H groups in total. The number of nitrogens with one attached hydrogen (secondary N) is 1. The minimum Gasteiger partial charge on any atom is -0.378 e. The number of hydrogen-bond donors (Lipinski definition) is 1. The van der Waals surface area contributed by atoms with Crippen LogP contribution in [0.1, 0.15) is 28.8 Å². The van der Waals surface area contributed by atoms with E-state index in [0.29, 0.717) is 12.0 Å². The van der Waals surface area contributed by atoms with Crippen molar-refractivity contribution in [3.8, 4) is 11.1 Å². The molecule has 2 aromatic carbocycles. The van der Waals surface area contributed by atoms with Crippen molar-refractivity contribution in [3.05, 3.63) is 59.7 Å². The summed E-state index contributed by atoms with van der Waals surface area (Å²) in [6.07, 6.45) is 2.40. The lowest BCUT2D eigenvalue weighted by Gasteiger charge is -2.39. The van der Waals surface area contributed by atoms with Crippen LogP contribution in [0.3, 0.4) is 0 Å². The van der Waals surface area contributed by atoms with Crippen molar-refractivity contribution in [1.82, 2.24) is 5.32 Å². The molecule has 2 aliphatic rings. The molecule has 0 unspecified atom stereocenters. The van der Waals surface area contributed by atoms with Gasteiger partial charge in [-0.05, 0) is 43.0 Å². The van der Waals surface area contributed by atoms with Crippen molar-refractivity contribution in [3.63, 3.8) is 0 Å². The highest BCUT2D eigenvalue weighted by Crippen LogP contribution is 2.38. The van der Waals surface area contributed by atoms with Crippen LogP contribution in [-0.4, -0.2) is 24.7 Å². The van der Waals surface area contributed by atoms with Gasteiger partial charge in [-0.25, -0.2) is 0 Å². The SMILES string of the molecule is Cc1ccc(-c2cccc(C(=O)N[C@@H]3C[C@H]4OCC[C@@H]34)c2)cc1. The van der Waals surface area contributed by atoms with Crippen molar-refractivity contribution in [2.75, 3.05) is 6.61 Å². The molecule has 1 saturated heterocycles. The molecular formula is C20H21NO2. The zero-order valence-corrected chi connectivity index (χ0v) is 13.3. The van der Waals surface area contributed by atoms with Crippen LogP contribution < -0.4 is 5.32 Å². The highest BCUT2D eigenvalue weighted by Gasteiger charge is 2.45. The molecule has 0 aromatic heterocycles.